The van der Waals surface area contributed by atoms with E-state index in [0.29, 0.717) is 6.04 Å². The number of nitrogens with one attached hydrogen (secondary N) is 1. The molecule has 0 aliphatic heterocycles. The van der Waals surface area contributed by atoms with Gasteiger partial charge in [-0.05, 0) is 44.2 Å². The maximum atomic E-state index is 6.02. The Kier molecular flexibility index (Phi) is 5.49. The Morgan fingerprint density at radius 2 is 1.93 bits per heavy atom. The molecule has 3 N–H and O–H groups in total. The van der Waals surface area contributed by atoms with Gasteiger partial charge in [0.05, 0.1) is 0 Å². The van der Waals surface area contributed by atoms with Crippen LogP contribution in [0.25, 0.3) is 0 Å². The minimum atomic E-state index is 0.462. The van der Waals surface area contributed by atoms with E-state index >= 15 is 0 Å². The van der Waals surface area contributed by atoms with Crippen LogP contribution in [0.4, 0.5) is 0 Å². The van der Waals surface area contributed by atoms with E-state index in [1.807, 2.05) is 0 Å². The van der Waals surface area contributed by atoms with Crippen molar-refractivity contribution < 1.29 is 0 Å². The lowest BCUT2D eigenvalue weighted by Gasteiger charge is -2.15. The third-order valence-electron chi connectivity index (χ3n) is 3.47. The summed E-state index contributed by atoms with van der Waals surface area (Å²) in [4.78, 5) is 0. The molecule has 1 fully saturated rings. The fourth-order valence-corrected chi connectivity index (χ4v) is 1.91. The monoisotopic (exact) mass is 198 g/mol. The SMILES string of the molecule is CCC(CC)CNCCC(N)C1CC1. The van der Waals surface area contributed by atoms with Crippen LogP contribution in [0.15, 0.2) is 0 Å². The molecule has 84 valence electrons. The summed E-state index contributed by atoms with van der Waals surface area (Å²) in [7, 11) is 0. The van der Waals surface area contributed by atoms with Crippen molar-refractivity contribution in [1.82, 2.24) is 5.32 Å². The first-order chi connectivity index (χ1) is 6.77. The van der Waals surface area contributed by atoms with E-state index in [4.69, 9.17) is 5.73 Å². The maximum absolute atomic E-state index is 6.02. The topological polar surface area (TPSA) is 38.0 Å². The second-order valence-corrected chi connectivity index (χ2v) is 4.68. The quantitative estimate of drug-likeness (QED) is 0.586. The minimum absolute atomic E-state index is 0.462. The third kappa shape index (κ3) is 4.43. The van der Waals surface area contributed by atoms with Gasteiger partial charge in [-0.15, -0.1) is 0 Å². The summed E-state index contributed by atoms with van der Waals surface area (Å²) in [5.74, 6) is 1.71. The van der Waals surface area contributed by atoms with Gasteiger partial charge in [0, 0.05) is 6.04 Å². The molecule has 1 aliphatic rings. The molecule has 0 radical (unpaired) electrons. The van der Waals surface area contributed by atoms with E-state index in [1.165, 1.54) is 32.2 Å². The van der Waals surface area contributed by atoms with Crippen LogP contribution < -0.4 is 11.1 Å². The van der Waals surface area contributed by atoms with Gasteiger partial charge < -0.3 is 11.1 Å². The van der Waals surface area contributed by atoms with E-state index < -0.39 is 0 Å². The lowest BCUT2D eigenvalue weighted by atomic mass is 10.0. The zero-order valence-corrected chi connectivity index (χ0v) is 9.76. The van der Waals surface area contributed by atoms with E-state index in [2.05, 4.69) is 19.2 Å². The molecule has 0 aromatic rings. The predicted octanol–water partition coefficient (Wildman–Crippen LogP) is 2.14. The molecule has 14 heavy (non-hydrogen) atoms. The maximum Gasteiger partial charge on any atom is 0.00792 e. The first kappa shape index (κ1) is 12.0. The van der Waals surface area contributed by atoms with Crippen molar-refractivity contribution in [2.24, 2.45) is 17.6 Å². The van der Waals surface area contributed by atoms with Crippen LogP contribution in [0, 0.1) is 11.8 Å². The Bertz CT molecular complexity index is 135. The van der Waals surface area contributed by atoms with Gasteiger partial charge in [-0.2, -0.15) is 0 Å². The van der Waals surface area contributed by atoms with Crippen LogP contribution >= 0.6 is 0 Å². The first-order valence-electron chi connectivity index (χ1n) is 6.24. The van der Waals surface area contributed by atoms with Crippen molar-refractivity contribution in [2.75, 3.05) is 13.1 Å². The summed E-state index contributed by atoms with van der Waals surface area (Å²) >= 11 is 0. The number of rotatable bonds is 8. The average molecular weight is 198 g/mol. The molecule has 0 amide bonds. The molecule has 1 aliphatic carbocycles. The van der Waals surface area contributed by atoms with E-state index in [-0.39, 0.29) is 0 Å². The average Bonchev–Trinajstić information content (AvgIpc) is 3.01. The second kappa shape index (κ2) is 6.41. The summed E-state index contributed by atoms with van der Waals surface area (Å²) in [6.07, 6.45) is 6.47. The van der Waals surface area contributed by atoms with Crippen molar-refractivity contribution in [2.45, 2.75) is 52.0 Å². The van der Waals surface area contributed by atoms with Gasteiger partial charge in [0.25, 0.3) is 0 Å². The van der Waals surface area contributed by atoms with Gasteiger partial charge in [-0.3, -0.25) is 0 Å². The molecule has 0 bridgehead atoms. The summed E-state index contributed by atoms with van der Waals surface area (Å²) in [5.41, 5.74) is 6.02. The summed E-state index contributed by atoms with van der Waals surface area (Å²) in [6, 6.07) is 0.462. The molecular weight excluding hydrogens is 172 g/mol. The Labute approximate surface area is 88.6 Å². The highest BCUT2D eigenvalue weighted by Gasteiger charge is 2.27. The second-order valence-electron chi connectivity index (χ2n) is 4.68. The molecule has 0 aromatic heterocycles. The molecule has 1 saturated carbocycles. The van der Waals surface area contributed by atoms with Crippen molar-refractivity contribution >= 4 is 0 Å². The fourth-order valence-electron chi connectivity index (χ4n) is 1.91. The molecule has 0 heterocycles. The molecular formula is C12H26N2. The highest BCUT2D eigenvalue weighted by Crippen LogP contribution is 2.32. The van der Waals surface area contributed by atoms with Gasteiger partial charge in [0.2, 0.25) is 0 Å². The van der Waals surface area contributed by atoms with Crippen molar-refractivity contribution in [3.63, 3.8) is 0 Å². The van der Waals surface area contributed by atoms with Gasteiger partial charge in [0.15, 0.2) is 0 Å². The Morgan fingerprint density at radius 1 is 1.29 bits per heavy atom. The normalized spacial score (nSPS) is 18.9. The van der Waals surface area contributed by atoms with Crippen molar-refractivity contribution in [3.05, 3.63) is 0 Å². The molecule has 0 saturated heterocycles. The lowest BCUT2D eigenvalue weighted by molar-refractivity contribution is 0.433. The number of hydrogen-bond acceptors (Lipinski definition) is 2. The highest BCUT2D eigenvalue weighted by atomic mass is 14.9. The van der Waals surface area contributed by atoms with Gasteiger partial charge in [-0.1, -0.05) is 26.7 Å². The van der Waals surface area contributed by atoms with Gasteiger partial charge in [0.1, 0.15) is 0 Å². The molecule has 1 unspecified atom stereocenters. The molecule has 2 nitrogen and oxygen atoms in total. The van der Waals surface area contributed by atoms with Crippen LogP contribution in [-0.2, 0) is 0 Å². The van der Waals surface area contributed by atoms with E-state index in [1.54, 1.807) is 0 Å². The minimum Gasteiger partial charge on any atom is -0.327 e. The summed E-state index contributed by atoms with van der Waals surface area (Å²) in [5, 5.41) is 3.52. The molecule has 0 spiro atoms. The van der Waals surface area contributed by atoms with Crippen LogP contribution in [-0.4, -0.2) is 19.1 Å². The van der Waals surface area contributed by atoms with Crippen LogP contribution in [0.5, 0.6) is 0 Å². The zero-order chi connectivity index (χ0) is 10.4. The summed E-state index contributed by atoms with van der Waals surface area (Å²) in [6.45, 7) is 6.82. The number of nitrogens with two attached hydrogens (primary N) is 1. The number of hydrogen-bond donors (Lipinski definition) is 2. The van der Waals surface area contributed by atoms with Gasteiger partial charge >= 0.3 is 0 Å². The van der Waals surface area contributed by atoms with Crippen LogP contribution in [0.3, 0.4) is 0 Å². The van der Waals surface area contributed by atoms with Gasteiger partial charge in [-0.25, -0.2) is 0 Å². The zero-order valence-electron chi connectivity index (χ0n) is 9.76. The largest absolute Gasteiger partial charge is 0.327 e. The first-order valence-corrected chi connectivity index (χ1v) is 6.24. The van der Waals surface area contributed by atoms with Crippen LogP contribution in [0.2, 0.25) is 0 Å². The predicted molar refractivity (Wildman–Crippen MR) is 62.3 cm³/mol. The molecule has 1 rings (SSSR count). The standard InChI is InChI=1S/C12H26N2/c1-3-10(4-2)9-14-8-7-12(13)11-5-6-11/h10-12,14H,3-9,13H2,1-2H3. The fraction of sp³-hybridized carbons (Fsp3) is 1.00. The highest BCUT2D eigenvalue weighted by molar-refractivity contribution is 4.84. The Hall–Kier alpha value is -0.0800. The molecule has 2 heteroatoms. The van der Waals surface area contributed by atoms with E-state index in [0.717, 1.165) is 24.8 Å². The Balaban J connectivity index is 1.92. The Morgan fingerprint density at radius 3 is 2.43 bits per heavy atom. The smallest absolute Gasteiger partial charge is 0.00792 e. The van der Waals surface area contributed by atoms with Crippen molar-refractivity contribution in [1.29, 1.82) is 0 Å². The van der Waals surface area contributed by atoms with E-state index in [9.17, 15) is 0 Å². The van der Waals surface area contributed by atoms with Crippen LogP contribution in [0.1, 0.15) is 46.0 Å². The summed E-state index contributed by atoms with van der Waals surface area (Å²) < 4.78 is 0. The molecule has 0 aromatic carbocycles. The molecule has 1 atom stereocenters. The lowest BCUT2D eigenvalue weighted by Crippen LogP contribution is -2.30. The third-order valence-corrected chi connectivity index (χ3v) is 3.47. The van der Waals surface area contributed by atoms with Crippen molar-refractivity contribution in [3.8, 4) is 0 Å².